The van der Waals surface area contributed by atoms with Gasteiger partial charge in [-0.1, -0.05) is 30.3 Å². The van der Waals surface area contributed by atoms with Gasteiger partial charge in [0, 0.05) is 43.5 Å². The predicted molar refractivity (Wildman–Crippen MR) is 140 cm³/mol. The standard InChI is InChI=1S/C30H34FN3O/c31-25-12-11-24-22-35-30-8-2-1-7-28(30)34(29(24)20-25)21-27-6-5-18-33(27)19-15-23-9-13-26(14-10-23)32-16-3-4-17-32/h1-2,7-14,20,27H,3-6,15-19,21-22H2/t27-/m1/s1. The number of fused-ring (bicyclic) bond motifs is 2. The van der Waals surface area contributed by atoms with E-state index in [4.69, 9.17) is 4.74 Å². The number of rotatable bonds is 6. The predicted octanol–water partition coefficient (Wildman–Crippen LogP) is 6.16. The third kappa shape index (κ3) is 4.74. The van der Waals surface area contributed by atoms with Crippen molar-refractivity contribution < 1.29 is 9.13 Å². The summed E-state index contributed by atoms with van der Waals surface area (Å²) in [7, 11) is 0. The Bertz CT molecular complexity index is 1160. The quantitative estimate of drug-likeness (QED) is 0.428. The number of anilines is 3. The maximum Gasteiger partial charge on any atom is 0.143 e. The number of para-hydroxylation sites is 2. The average molecular weight is 472 g/mol. The number of hydrogen-bond donors (Lipinski definition) is 0. The van der Waals surface area contributed by atoms with Gasteiger partial charge in [-0.15, -0.1) is 0 Å². The van der Waals surface area contributed by atoms with Crippen LogP contribution in [-0.4, -0.2) is 43.7 Å². The van der Waals surface area contributed by atoms with Gasteiger partial charge in [-0.3, -0.25) is 4.90 Å². The monoisotopic (exact) mass is 471 g/mol. The Balaban J connectivity index is 1.18. The van der Waals surface area contributed by atoms with Crippen LogP contribution in [0, 0.1) is 5.82 Å². The molecule has 0 bridgehead atoms. The van der Waals surface area contributed by atoms with E-state index in [1.54, 1.807) is 6.07 Å². The third-order valence-corrected chi connectivity index (χ3v) is 7.87. The van der Waals surface area contributed by atoms with Gasteiger partial charge in [-0.05, 0) is 80.6 Å². The fourth-order valence-electron chi connectivity index (χ4n) is 5.92. The molecule has 6 rings (SSSR count). The minimum atomic E-state index is -0.200. The second-order valence-corrected chi connectivity index (χ2v) is 10.1. The number of hydrogen-bond acceptors (Lipinski definition) is 4. The second-order valence-electron chi connectivity index (χ2n) is 10.1. The van der Waals surface area contributed by atoms with Gasteiger partial charge in [0.05, 0.1) is 11.4 Å². The molecule has 3 aliphatic heterocycles. The van der Waals surface area contributed by atoms with Crippen molar-refractivity contribution in [2.45, 2.75) is 44.8 Å². The van der Waals surface area contributed by atoms with Crippen LogP contribution < -0.4 is 14.5 Å². The zero-order valence-electron chi connectivity index (χ0n) is 20.3. The molecule has 3 heterocycles. The Morgan fingerprint density at radius 2 is 1.69 bits per heavy atom. The van der Waals surface area contributed by atoms with E-state index in [1.165, 1.54) is 49.7 Å². The van der Waals surface area contributed by atoms with Crippen molar-refractivity contribution in [2.24, 2.45) is 0 Å². The lowest BCUT2D eigenvalue weighted by molar-refractivity contribution is 0.261. The molecule has 0 N–H and O–H groups in total. The first kappa shape index (κ1) is 22.4. The van der Waals surface area contributed by atoms with E-state index in [0.717, 1.165) is 55.2 Å². The van der Waals surface area contributed by atoms with Crippen molar-refractivity contribution in [2.75, 3.05) is 42.5 Å². The Kier molecular flexibility index (Phi) is 6.34. The van der Waals surface area contributed by atoms with E-state index >= 15 is 0 Å². The summed E-state index contributed by atoms with van der Waals surface area (Å²) in [5, 5.41) is 0. The first-order valence-corrected chi connectivity index (χ1v) is 13.1. The Labute approximate surface area is 207 Å². The number of benzene rings is 3. The largest absolute Gasteiger partial charge is 0.487 e. The van der Waals surface area contributed by atoms with Gasteiger partial charge >= 0.3 is 0 Å². The highest BCUT2D eigenvalue weighted by Gasteiger charge is 2.30. The highest BCUT2D eigenvalue weighted by atomic mass is 19.1. The molecular weight excluding hydrogens is 437 g/mol. The Morgan fingerprint density at radius 1 is 0.857 bits per heavy atom. The van der Waals surface area contributed by atoms with Crippen molar-refractivity contribution in [1.29, 1.82) is 0 Å². The molecule has 5 heteroatoms. The van der Waals surface area contributed by atoms with E-state index < -0.39 is 0 Å². The molecule has 35 heavy (non-hydrogen) atoms. The molecule has 0 saturated carbocycles. The van der Waals surface area contributed by atoms with Crippen molar-refractivity contribution in [1.82, 2.24) is 4.90 Å². The van der Waals surface area contributed by atoms with Gasteiger partial charge in [0.15, 0.2) is 0 Å². The van der Waals surface area contributed by atoms with Crippen molar-refractivity contribution in [3.63, 3.8) is 0 Å². The number of halogens is 1. The molecule has 3 aliphatic rings. The molecule has 0 aromatic heterocycles. The van der Waals surface area contributed by atoms with E-state index in [-0.39, 0.29) is 5.82 Å². The summed E-state index contributed by atoms with van der Waals surface area (Å²) in [6.45, 7) is 5.85. The molecule has 2 saturated heterocycles. The summed E-state index contributed by atoms with van der Waals surface area (Å²) in [5.41, 5.74) is 5.75. The average Bonchev–Trinajstić information content (AvgIpc) is 3.56. The summed E-state index contributed by atoms with van der Waals surface area (Å²) in [4.78, 5) is 7.40. The summed E-state index contributed by atoms with van der Waals surface area (Å²) >= 11 is 0. The maximum atomic E-state index is 14.3. The molecule has 0 radical (unpaired) electrons. The number of nitrogens with zero attached hydrogens (tertiary/aromatic N) is 3. The molecule has 0 aliphatic carbocycles. The lowest BCUT2D eigenvalue weighted by atomic mass is 10.1. The summed E-state index contributed by atoms with van der Waals surface area (Å²) < 4.78 is 20.4. The highest BCUT2D eigenvalue weighted by Crippen LogP contribution is 2.40. The Morgan fingerprint density at radius 3 is 2.54 bits per heavy atom. The molecule has 3 aromatic rings. The van der Waals surface area contributed by atoms with Crippen LogP contribution in [0.5, 0.6) is 5.75 Å². The highest BCUT2D eigenvalue weighted by molar-refractivity contribution is 5.73. The van der Waals surface area contributed by atoms with E-state index in [1.807, 2.05) is 24.3 Å². The SMILES string of the molecule is Fc1ccc2c(c1)N(C[C@H]1CCCN1CCc1ccc(N3CCCC3)cc1)c1ccccc1OC2. The van der Waals surface area contributed by atoms with Crippen molar-refractivity contribution in [3.8, 4) is 5.75 Å². The lowest BCUT2D eigenvalue weighted by Crippen LogP contribution is -2.39. The summed E-state index contributed by atoms with van der Waals surface area (Å²) in [5.74, 6) is 0.667. The molecule has 2 fully saturated rings. The number of likely N-dealkylation sites (tertiary alicyclic amines) is 1. The third-order valence-electron chi connectivity index (χ3n) is 7.87. The minimum absolute atomic E-state index is 0.200. The van der Waals surface area contributed by atoms with Crippen LogP contribution in [-0.2, 0) is 13.0 Å². The van der Waals surface area contributed by atoms with Crippen LogP contribution in [0.3, 0.4) is 0 Å². The molecule has 0 unspecified atom stereocenters. The molecule has 182 valence electrons. The summed E-state index contributed by atoms with van der Waals surface area (Å²) in [6, 6.07) is 22.9. The van der Waals surface area contributed by atoms with Gasteiger partial charge in [0.2, 0.25) is 0 Å². The maximum absolute atomic E-state index is 14.3. The fourth-order valence-corrected chi connectivity index (χ4v) is 5.92. The molecule has 4 nitrogen and oxygen atoms in total. The smallest absolute Gasteiger partial charge is 0.143 e. The van der Waals surface area contributed by atoms with Crippen LogP contribution in [0.25, 0.3) is 0 Å². The second kappa shape index (κ2) is 9.90. The topological polar surface area (TPSA) is 19.0 Å². The van der Waals surface area contributed by atoms with Crippen LogP contribution in [0.15, 0.2) is 66.7 Å². The molecule has 3 aromatic carbocycles. The molecule has 1 atom stereocenters. The van der Waals surface area contributed by atoms with Crippen LogP contribution >= 0.6 is 0 Å². The van der Waals surface area contributed by atoms with E-state index in [9.17, 15) is 4.39 Å². The fraction of sp³-hybridized carbons (Fsp3) is 0.400. The van der Waals surface area contributed by atoms with Gasteiger partial charge < -0.3 is 14.5 Å². The normalized spacial score (nSPS) is 19.9. The molecule has 0 spiro atoms. The first-order chi connectivity index (χ1) is 17.2. The van der Waals surface area contributed by atoms with E-state index in [2.05, 4.69) is 45.0 Å². The minimum Gasteiger partial charge on any atom is -0.487 e. The van der Waals surface area contributed by atoms with Gasteiger partial charge in [0.1, 0.15) is 18.2 Å². The van der Waals surface area contributed by atoms with Crippen molar-refractivity contribution in [3.05, 3.63) is 83.7 Å². The van der Waals surface area contributed by atoms with Crippen molar-refractivity contribution >= 4 is 17.1 Å². The Hall–Kier alpha value is -3.05. The van der Waals surface area contributed by atoms with Crippen LogP contribution in [0.2, 0.25) is 0 Å². The van der Waals surface area contributed by atoms with Crippen LogP contribution in [0.4, 0.5) is 21.5 Å². The number of ether oxygens (including phenoxy) is 1. The van der Waals surface area contributed by atoms with Gasteiger partial charge in [0.25, 0.3) is 0 Å². The lowest BCUT2D eigenvalue weighted by Gasteiger charge is -2.32. The molecule has 0 amide bonds. The van der Waals surface area contributed by atoms with Gasteiger partial charge in [-0.25, -0.2) is 4.39 Å². The summed E-state index contributed by atoms with van der Waals surface area (Å²) in [6.07, 6.45) is 6.05. The first-order valence-electron chi connectivity index (χ1n) is 13.1. The van der Waals surface area contributed by atoms with Gasteiger partial charge in [-0.2, -0.15) is 0 Å². The van der Waals surface area contributed by atoms with Crippen LogP contribution in [0.1, 0.15) is 36.8 Å². The van der Waals surface area contributed by atoms with E-state index in [0.29, 0.717) is 12.6 Å². The zero-order chi connectivity index (χ0) is 23.6. The molecular formula is C30H34FN3O. The zero-order valence-corrected chi connectivity index (χ0v) is 20.3.